The van der Waals surface area contributed by atoms with Gasteiger partial charge in [0.15, 0.2) is 0 Å². The molecular formula is C12H14Br3NO5S. The Balaban J connectivity index is 2.78. The van der Waals surface area contributed by atoms with E-state index in [1.165, 1.54) is 24.3 Å². The first-order chi connectivity index (χ1) is 10.2. The summed E-state index contributed by atoms with van der Waals surface area (Å²) in [6, 6.07) is 5.69. The molecule has 1 amide bonds. The fraction of sp³-hybridized carbons (Fsp3) is 0.417. The lowest BCUT2D eigenvalue weighted by Gasteiger charge is -2.14. The molecule has 1 aromatic carbocycles. The minimum absolute atomic E-state index is 0.0118. The molecule has 0 aliphatic carbocycles. The van der Waals surface area contributed by atoms with Crippen LogP contribution < -0.4 is 5.32 Å². The van der Waals surface area contributed by atoms with Crippen molar-refractivity contribution in [1.29, 1.82) is 0 Å². The molecule has 0 aliphatic rings. The molecule has 1 rings (SSSR count). The Morgan fingerprint density at radius 1 is 1.27 bits per heavy atom. The number of carbonyl (C=O) groups is 1. The molecule has 0 aromatic heterocycles. The normalized spacial score (nSPS) is 12.2. The summed E-state index contributed by atoms with van der Waals surface area (Å²) in [6.07, 6.45) is 0. The smallest absolute Gasteiger partial charge is 0.251 e. The fourth-order valence-corrected chi connectivity index (χ4v) is 3.93. The van der Waals surface area contributed by atoms with Gasteiger partial charge in [-0.1, -0.05) is 6.07 Å². The molecular weight excluding hydrogens is 510 g/mol. The van der Waals surface area contributed by atoms with Gasteiger partial charge in [-0.25, -0.2) is 8.42 Å². The Morgan fingerprint density at radius 2 is 1.95 bits per heavy atom. The van der Waals surface area contributed by atoms with Crippen molar-refractivity contribution in [3.8, 4) is 0 Å². The zero-order valence-electron chi connectivity index (χ0n) is 11.3. The maximum atomic E-state index is 12.2. The van der Waals surface area contributed by atoms with Gasteiger partial charge in [-0.15, -0.1) is 0 Å². The number of hydrogen-bond donors (Lipinski definition) is 2. The van der Waals surface area contributed by atoms with Crippen LogP contribution in [0.3, 0.4) is 0 Å². The molecule has 22 heavy (non-hydrogen) atoms. The highest BCUT2D eigenvalue weighted by Gasteiger charge is 2.37. The number of aliphatic hydroxyl groups is 1. The van der Waals surface area contributed by atoms with E-state index in [-0.39, 0.29) is 36.8 Å². The molecule has 0 atom stereocenters. The van der Waals surface area contributed by atoms with E-state index in [2.05, 4.69) is 53.1 Å². The van der Waals surface area contributed by atoms with E-state index in [1.54, 1.807) is 0 Å². The van der Waals surface area contributed by atoms with Crippen molar-refractivity contribution in [1.82, 2.24) is 5.32 Å². The number of benzene rings is 1. The van der Waals surface area contributed by atoms with Crippen LogP contribution in [0.2, 0.25) is 0 Å². The van der Waals surface area contributed by atoms with Gasteiger partial charge in [0, 0.05) is 12.1 Å². The Morgan fingerprint density at radius 3 is 2.55 bits per heavy atom. The Bertz CT molecular complexity index is 615. The third-order valence-corrected chi connectivity index (χ3v) is 7.80. The van der Waals surface area contributed by atoms with Crippen LogP contribution in [0.25, 0.3) is 0 Å². The number of aliphatic hydroxyl groups excluding tert-OH is 1. The average Bonchev–Trinajstić information content (AvgIpc) is 2.45. The number of hydrogen-bond acceptors (Lipinski definition) is 5. The van der Waals surface area contributed by atoms with Gasteiger partial charge in [0.1, 0.15) is 0 Å². The summed E-state index contributed by atoms with van der Waals surface area (Å²) < 4.78 is 28.0. The zero-order chi connectivity index (χ0) is 16.8. The zero-order valence-corrected chi connectivity index (χ0v) is 16.8. The summed E-state index contributed by atoms with van der Waals surface area (Å²) in [5.74, 6) is -0.408. The second-order valence-corrected chi connectivity index (χ2v) is 14.5. The topological polar surface area (TPSA) is 92.7 Å². The van der Waals surface area contributed by atoms with Gasteiger partial charge in [-0.05, 0) is 66.0 Å². The Kier molecular flexibility index (Phi) is 7.96. The van der Waals surface area contributed by atoms with E-state index < -0.39 is 17.2 Å². The van der Waals surface area contributed by atoms with Crippen molar-refractivity contribution in [3.63, 3.8) is 0 Å². The van der Waals surface area contributed by atoms with E-state index in [0.717, 1.165) is 0 Å². The molecule has 0 bridgehead atoms. The van der Waals surface area contributed by atoms with Crippen molar-refractivity contribution in [2.75, 3.05) is 26.4 Å². The quantitative estimate of drug-likeness (QED) is 0.421. The van der Waals surface area contributed by atoms with Crippen LogP contribution in [-0.2, 0) is 14.6 Å². The number of rotatable bonds is 7. The largest absolute Gasteiger partial charge is 0.394 e. The number of ether oxygens (including phenoxy) is 1. The second kappa shape index (κ2) is 8.74. The van der Waals surface area contributed by atoms with Crippen LogP contribution in [0.4, 0.5) is 0 Å². The first kappa shape index (κ1) is 20.0. The van der Waals surface area contributed by atoms with Gasteiger partial charge in [0.05, 0.1) is 24.7 Å². The summed E-state index contributed by atoms with van der Waals surface area (Å²) >= 11 is 8.92. The van der Waals surface area contributed by atoms with Gasteiger partial charge in [0.2, 0.25) is 11.3 Å². The number of alkyl halides is 3. The molecule has 2 N–H and O–H groups in total. The lowest BCUT2D eigenvalue weighted by Crippen LogP contribution is -2.28. The van der Waals surface area contributed by atoms with Crippen LogP contribution >= 0.6 is 47.8 Å². The van der Waals surface area contributed by atoms with Crippen LogP contribution in [-0.4, -0.2) is 47.3 Å². The van der Waals surface area contributed by atoms with E-state index in [0.29, 0.717) is 0 Å². The number of sulfone groups is 1. The maximum absolute atomic E-state index is 12.2. The highest BCUT2D eigenvalue weighted by molar-refractivity contribution is 9.42. The van der Waals surface area contributed by atoms with E-state index in [1.807, 2.05) is 0 Å². The lowest BCUT2D eigenvalue weighted by molar-refractivity contribution is 0.0838. The minimum atomic E-state index is -3.75. The van der Waals surface area contributed by atoms with Crippen molar-refractivity contribution in [2.45, 2.75) is 6.37 Å². The predicted octanol–water partition coefficient (Wildman–Crippen LogP) is 2.00. The van der Waals surface area contributed by atoms with Crippen LogP contribution in [0.1, 0.15) is 10.4 Å². The molecule has 0 spiro atoms. The van der Waals surface area contributed by atoms with E-state index in [9.17, 15) is 13.2 Å². The molecule has 10 heteroatoms. The summed E-state index contributed by atoms with van der Waals surface area (Å²) in [6.45, 7) is 0.640. The molecule has 0 heterocycles. The third kappa shape index (κ3) is 5.57. The molecule has 0 saturated heterocycles. The lowest BCUT2D eigenvalue weighted by atomic mass is 10.2. The molecule has 124 valence electrons. The first-order valence-corrected chi connectivity index (χ1v) is 9.94. The van der Waals surface area contributed by atoms with E-state index in [4.69, 9.17) is 9.84 Å². The number of amides is 1. The predicted molar refractivity (Wildman–Crippen MR) is 93.4 cm³/mol. The van der Waals surface area contributed by atoms with Crippen molar-refractivity contribution in [3.05, 3.63) is 29.8 Å². The molecule has 0 unspecified atom stereocenters. The maximum Gasteiger partial charge on any atom is 0.251 e. The first-order valence-electron chi connectivity index (χ1n) is 6.08. The second-order valence-electron chi connectivity index (χ2n) is 4.07. The van der Waals surface area contributed by atoms with Gasteiger partial charge in [-0.3, -0.25) is 4.79 Å². The van der Waals surface area contributed by atoms with Gasteiger partial charge in [-0.2, -0.15) is 0 Å². The summed E-state index contributed by atoms with van der Waals surface area (Å²) in [5, 5.41) is 11.1. The highest BCUT2D eigenvalue weighted by Crippen LogP contribution is 2.43. The summed E-state index contributed by atoms with van der Waals surface area (Å²) in [4.78, 5) is 11.9. The SMILES string of the molecule is O=C(NCCOCCO)c1cccc(S(=O)(=O)C(Br)(Br)Br)c1. The Labute approximate surface area is 153 Å². The van der Waals surface area contributed by atoms with Crippen molar-refractivity contribution >= 4 is 63.5 Å². The summed E-state index contributed by atoms with van der Waals surface area (Å²) in [7, 11) is -3.75. The molecule has 0 saturated carbocycles. The molecule has 0 radical (unpaired) electrons. The third-order valence-electron chi connectivity index (χ3n) is 2.48. The highest BCUT2D eigenvalue weighted by atomic mass is 80.0. The molecule has 0 aliphatic heterocycles. The minimum Gasteiger partial charge on any atom is -0.394 e. The van der Waals surface area contributed by atoms with Crippen molar-refractivity contribution in [2.24, 2.45) is 0 Å². The monoisotopic (exact) mass is 521 g/mol. The van der Waals surface area contributed by atoms with Gasteiger partial charge < -0.3 is 15.2 Å². The average molecular weight is 524 g/mol. The van der Waals surface area contributed by atoms with Crippen LogP contribution in [0.15, 0.2) is 29.2 Å². The van der Waals surface area contributed by atoms with Crippen LogP contribution in [0.5, 0.6) is 0 Å². The number of carbonyl (C=O) groups excluding carboxylic acids is 1. The standard InChI is InChI=1S/C12H14Br3NO5S/c13-12(14,15)22(19,20)10-3-1-2-9(8-10)11(18)16-4-6-21-7-5-17/h1-3,8,17H,4-7H2,(H,16,18). The van der Waals surface area contributed by atoms with Gasteiger partial charge >= 0.3 is 0 Å². The summed E-state index contributed by atoms with van der Waals surface area (Å²) in [5.41, 5.74) is 0.222. The molecule has 0 fully saturated rings. The van der Waals surface area contributed by atoms with Gasteiger partial charge in [0.25, 0.3) is 5.91 Å². The Hall–Kier alpha value is 0.000000000000000111. The molecule has 1 aromatic rings. The fourth-order valence-electron chi connectivity index (χ4n) is 1.44. The van der Waals surface area contributed by atoms with Crippen molar-refractivity contribution < 1.29 is 23.1 Å². The van der Waals surface area contributed by atoms with Crippen LogP contribution in [0, 0.1) is 0 Å². The van der Waals surface area contributed by atoms with E-state index >= 15 is 0 Å². The number of nitrogens with one attached hydrogen (secondary N) is 1. The number of halogens is 3. The molecule has 6 nitrogen and oxygen atoms in total.